The Morgan fingerprint density at radius 2 is 2.21 bits per heavy atom. The molecular weight excluding hydrogens is 302 g/mol. The van der Waals surface area contributed by atoms with Gasteiger partial charge in [-0.25, -0.2) is 0 Å². The van der Waals surface area contributed by atoms with E-state index in [4.69, 9.17) is 0 Å². The topological polar surface area (TPSA) is 74.0 Å². The fraction of sp³-hybridized carbons (Fsp3) is 0.722. The third-order valence-corrected chi connectivity index (χ3v) is 5.36. The summed E-state index contributed by atoms with van der Waals surface area (Å²) >= 11 is 0. The molecule has 1 saturated heterocycles. The Balaban J connectivity index is 1.58. The van der Waals surface area contributed by atoms with Crippen LogP contribution in [-0.2, 0) is 11.3 Å². The Bertz CT molecular complexity index is 657. The van der Waals surface area contributed by atoms with Gasteiger partial charge in [0.15, 0.2) is 0 Å². The van der Waals surface area contributed by atoms with Gasteiger partial charge in [-0.3, -0.25) is 14.4 Å². The van der Waals surface area contributed by atoms with E-state index in [1.54, 1.807) is 0 Å². The first-order valence-electron chi connectivity index (χ1n) is 8.88. The van der Waals surface area contributed by atoms with Crippen LogP contribution in [0.25, 0.3) is 0 Å². The summed E-state index contributed by atoms with van der Waals surface area (Å²) in [6, 6.07) is 4.71. The number of carbonyl (C=O) groups excluding carboxylic acids is 1. The quantitative estimate of drug-likeness (QED) is 0.863. The minimum atomic E-state index is -0.706. The summed E-state index contributed by atoms with van der Waals surface area (Å²) in [6.45, 7) is 8.05. The smallest absolute Gasteiger partial charge is 0.235 e. The molecule has 1 aliphatic carbocycles. The van der Waals surface area contributed by atoms with E-state index >= 15 is 0 Å². The summed E-state index contributed by atoms with van der Waals surface area (Å²) < 4.78 is 2.04. The molecule has 1 saturated carbocycles. The van der Waals surface area contributed by atoms with Crippen molar-refractivity contribution in [2.24, 2.45) is 5.92 Å². The fourth-order valence-corrected chi connectivity index (χ4v) is 3.77. The highest BCUT2D eigenvalue weighted by Gasteiger charge is 2.43. The van der Waals surface area contributed by atoms with Crippen LogP contribution < -0.4 is 5.32 Å². The van der Waals surface area contributed by atoms with Crippen molar-refractivity contribution in [1.82, 2.24) is 20.0 Å². The molecule has 2 fully saturated rings. The second-order valence-corrected chi connectivity index (χ2v) is 7.51. The van der Waals surface area contributed by atoms with Gasteiger partial charge in [0.05, 0.1) is 24.9 Å². The number of nitrogens with zero attached hydrogens (tertiary/aromatic N) is 4. The lowest BCUT2D eigenvalue weighted by atomic mass is 9.98. The zero-order valence-corrected chi connectivity index (χ0v) is 14.9. The Hall–Kier alpha value is -1.87. The highest BCUT2D eigenvalue weighted by molar-refractivity contribution is 5.79. The minimum Gasteiger partial charge on any atom is -0.337 e. The normalized spacial score (nSPS) is 23.7. The first kappa shape index (κ1) is 17.0. The molecule has 2 aliphatic rings. The summed E-state index contributed by atoms with van der Waals surface area (Å²) in [5, 5.41) is 16.9. The van der Waals surface area contributed by atoms with E-state index in [2.05, 4.69) is 34.4 Å². The van der Waals surface area contributed by atoms with Crippen molar-refractivity contribution >= 4 is 5.91 Å². The second kappa shape index (κ2) is 6.56. The molecule has 1 amide bonds. The SMILES string of the molecule is Cc1cc(C)n(CC2CCCN2CC(=O)NC(C)(C#N)C2CC2)n1. The maximum absolute atomic E-state index is 12.4. The van der Waals surface area contributed by atoms with Gasteiger partial charge in [0.2, 0.25) is 5.91 Å². The summed E-state index contributed by atoms with van der Waals surface area (Å²) in [5.41, 5.74) is 1.49. The van der Waals surface area contributed by atoms with Crippen molar-refractivity contribution in [1.29, 1.82) is 5.26 Å². The van der Waals surface area contributed by atoms with Crippen LogP contribution in [0.15, 0.2) is 6.07 Å². The third-order valence-electron chi connectivity index (χ3n) is 5.36. The lowest BCUT2D eigenvalue weighted by Gasteiger charge is -2.27. The van der Waals surface area contributed by atoms with E-state index in [9.17, 15) is 10.1 Å². The molecule has 2 atom stereocenters. The van der Waals surface area contributed by atoms with Gasteiger partial charge in [0, 0.05) is 11.7 Å². The zero-order chi connectivity index (χ0) is 17.3. The van der Waals surface area contributed by atoms with Gasteiger partial charge in [0.1, 0.15) is 5.54 Å². The number of hydrogen-bond donors (Lipinski definition) is 1. The predicted octanol–water partition coefficient (Wildman–Crippen LogP) is 1.77. The van der Waals surface area contributed by atoms with Crippen molar-refractivity contribution in [2.75, 3.05) is 13.1 Å². The number of aryl methyl sites for hydroxylation is 2. The molecule has 2 heterocycles. The average molecular weight is 329 g/mol. The summed E-state index contributed by atoms with van der Waals surface area (Å²) in [5.74, 6) is 0.279. The molecular formula is C18H27N5O. The standard InChI is InChI=1S/C18H27N5O/c1-13-9-14(2)23(21-13)10-16-5-4-8-22(16)11-17(24)20-18(3,12-19)15-6-7-15/h9,15-16H,4-8,10-11H2,1-3H3,(H,20,24). The third kappa shape index (κ3) is 3.62. The highest BCUT2D eigenvalue weighted by atomic mass is 16.2. The molecule has 1 aromatic heterocycles. The van der Waals surface area contributed by atoms with Gasteiger partial charge in [-0.05, 0) is 65.0 Å². The Morgan fingerprint density at radius 1 is 1.46 bits per heavy atom. The monoisotopic (exact) mass is 329 g/mol. The lowest BCUT2D eigenvalue weighted by Crippen LogP contribution is -2.51. The number of carbonyl (C=O) groups is 1. The van der Waals surface area contributed by atoms with Gasteiger partial charge >= 0.3 is 0 Å². The summed E-state index contributed by atoms with van der Waals surface area (Å²) in [4.78, 5) is 14.7. The number of nitriles is 1. The number of hydrogen-bond acceptors (Lipinski definition) is 4. The van der Waals surface area contributed by atoms with Gasteiger partial charge in [0.25, 0.3) is 0 Å². The van der Waals surface area contributed by atoms with E-state index < -0.39 is 5.54 Å². The first-order chi connectivity index (χ1) is 11.4. The molecule has 0 bridgehead atoms. The summed E-state index contributed by atoms with van der Waals surface area (Å²) in [6.07, 6.45) is 4.27. The van der Waals surface area contributed by atoms with Crippen molar-refractivity contribution < 1.29 is 4.79 Å². The van der Waals surface area contributed by atoms with Crippen LogP contribution in [0.5, 0.6) is 0 Å². The molecule has 0 spiro atoms. The number of aromatic nitrogens is 2. The summed E-state index contributed by atoms with van der Waals surface area (Å²) in [7, 11) is 0. The van der Waals surface area contributed by atoms with Crippen LogP contribution in [0.3, 0.4) is 0 Å². The van der Waals surface area contributed by atoms with Gasteiger partial charge in [-0.15, -0.1) is 0 Å². The number of nitrogens with one attached hydrogen (secondary N) is 1. The molecule has 3 rings (SSSR count). The van der Waals surface area contributed by atoms with Crippen LogP contribution in [0, 0.1) is 31.1 Å². The first-order valence-corrected chi connectivity index (χ1v) is 8.88. The van der Waals surface area contributed by atoms with Crippen LogP contribution in [0.1, 0.15) is 44.0 Å². The molecule has 1 aliphatic heterocycles. The Labute approximate surface area is 143 Å². The van der Waals surface area contributed by atoms with Gasteiger partial charge in [-0.2, -0.15) is 10.4 Å². The number of likely N-dealkylation sites (tertiary alicyclic amines) is 1. The van der Waals surface area contributed by atoms with E-state index in [0.717, 1.165) is 50.2 Å². The van der Waals surface area contributed by atoms with Crippen LogP contribution in [0.2, 0.25) is 0 Å². The largest absolute Gasteiger partial charge is 0.337 e. The van der Waals surface area contributed by atoms with E-state index in [1.165, 1.54) is 0 Å². The molecule has 0 aromatic carbocycles. The van der Waals surface area contributed by atoms with E-state index in [0.29, 0.717) is 18.5 Å². The fourth-order valence-electron chi connectivity index (χ4n) is 3.77. The van der Waals surface area contributed by atoms with E-state index in [1.807, 2.05) is 18.5 Å². The van der Waals surface area contributed by atoms with Crippen LogP contribution in [-0.4, -0.2) is 45.3 Å². The van der Waals surface area contributed by atoms with Crippen molar-refractivity contribution in [3.63, 3.8) is 0 Å². The molecule has 130 valence electrons. The maximum Gasteiger partial charge on any atom is 0.235 e. The molecule has 24 heavy (non-hydrogen) atoms. The number of rotatable bonds is 6. The molecule has 1 aromatic rings. The zero-order valence-electron chi connectivity index (χ0n) is 14.9. The highest BCUT2D eigenvalue weighted by Crippen LogP contribution is 2.39. The van der Waals surface area contributed by atoms with Crippen molar-refractivity contribution in [2.45, 2.75) is 64.6 Å². The molecule has 6 nitrogen and oxygen atoms in total. The predicted molar refractivity (Wildman–Crippen MR) is 91.2 cm³/mol. The molecule has 6 heteroatoms. The number of amides is 1. The van der Waals surface area contributed by atoms with Gasteiger partial charge < -0.3 is 5.32 Å². The Morgan fingerprint density at radius 3 is 2.79 bits per heavy atom. The van der Waals surface area contributed by atoms with Crippen LogP contribution in [0.4, 0.5) is 0 Å². The average Bonchev–Trinajstić information content (AvgIpc) is 3.23. The maximum atomic E-state index is 12.4. The second-order valence-electron chi connectivity index (χ2n) is 7.51. The minimum absolute atomic E-state index is 0.0359. The van der Waals surface area contributed by atoms with Gasteiger partial charge in [-0.1, -0.05) is 0 Å². The lowest BCUT2D eigenvalue weighted by molar-refractivity contribution is -0.124. The molecule has 2 unspecified atom stereocenters. The molecule has 0 radical (unpaired) electrons. The van der Waals surface area contributed by atoms with Crippen molar-refractivity contribution in [3.8, 4) is 6.07 Å². The molecule has 1 N–H and O–H groups in total. The Kier molecular flexibility index (Phi) is 4.64. The van der Waals surface area contributed by atoms with Crippen LogP contribution >= 0.6 is 0 Å². The van der Waals surface area contributed by atoms with Crippen molar-refractivity contribution in [3.05, 3.63) is 17.5 Å². The van der Waals surface area contributed by atoms with E-state index in [-0.39, 0.29) is 5.91 Å².